The smallest absolute Gasteiger partial charge is 0.251 e. The highest BCUT2D eigenvalue weighted by Crippen LogP contribution is 2.12. The van der Waals surface area contributed by atoms with E-state index < -0.39 is 0 Å². The molecule has 0 spiro atoms. The molecule has 0 radical (unpaired) electrons. The average molecular weight is 263 g/mol. The second-order valence-corrected chi connectivity index (χ2v) is 4.72. The number of rotatable bonds is 5. The van der Waals surface area contributed by atoms with Crippen molar-refractivity contribution in [2.45, 2.75) is 19.8 Å². The molecule has 0 fully saturated rings. The molecule has 3 N–H and O–H groups in total. The molecule has 0 saturated heterocycles. The molecule has 1 aromatic rings. The zero-order valence-corrected chi connectivity index (χ0v) is 11.7. The first-order chi connectivity index (χ1) is 8.91. The van der Waals surface area contributed by atoms with Gasteiger partial charge >= 0.3 is 0 Å². The summed E-state index contributed by atoms with van der Waals surface area (Å²) in [4.78, 5) is 24.8. The van der Waals surface area contributed by atoms with E-state index in [-0.39, 0.29) is 11.8 Å². The molecular weight excluding hydrogens is 242 g/mol. The second kappa shape index (κ2) is 6.78. The Morgan fingerprint density at radius 2 is 2.00 bits per heavy atom. The molecule has 1 rings (SSSR count). The van der Waals surface area contributed by atoms with E-state index in [9.17, 15) is 9.59 Å². The van der Waals surface area contributed by atoms with Crippen LogP contribution in [0.5, 0.6) is 0 Å². The van der Waals surface area contributed by atoms with Gasteiger partial charge in [0.2, 0.25) is 5.91 Å². The van der Waals surface area contributed by atoms with Crippen LogP contribution in [0.4, 0.5) is 5.69 Å². The summed E-state index contributed by atoms with van der Waals surface area (Å²) < 4.78 is 0. The van der Waals surface area contributed by atoms with E-state index in [1.807, 2.05) is 13.0 Å². The molecule has 104 valence electrons. The lowest BCUT2D eigenvalue weighted by Gasteiger charge is -2.11. The minimum Gasteiger partial charge on any atom is -0.399 e. The maximum absolute atomic E-state index is 11.9. The fourth-order valence-electron chi connectivity index (χ4n) is 1.64. The van der Waals surface area contributed by atoms with Crippen LogP contribution >= 0.6 is 0 Å². The lowest BCUT2D eigenvalue weighted by Crippen LogP contribution is -2.27. The van der Waals surface area contributed by atoms with Crippen molar-refractivity contribution in [2.24, 2.45) is 0 Å². The molecule has 0 aliphatic carbocycles. The van der Waals surface area contributed by atoms with E-state index >= 15 is 0 Å². The predicted octanol–water partition coefficient (Wildman–Crippen LogP) is 1.18. The van der Waals surface area contributed by atoms with Crippen LogP contribution in [-0.4, -0.2) is 37.4 Å². The first-order valence-electron chi connectivity index (χ1n) is 6.26. The normalized spacial score (nSPS) is 10.1. The lowest BCUT2D eigenvalue weighted by atomic mass is 10.1. The van der Waals surface area contributed by atoms with Gasteiger partial charge in [0.25, 0.3) is 5.91 Å². The first-order valence-corrected chi connectivity index (χ1v) is 6.26. The van der Waals surface area contributed by atoms with Crippen LogP contribution in [0.3, 0.4) is 0 Å². The number of benzene rings is 1. The molecule has 0 aromatic heterocycles. The van der Waals surface area contributed by atoms with Gasteiger partial charge in [-0.05, 0) is 31.0 Å². The quantitative estimate of drug-likeness (QED) is 0.618. The Hall–Kier alpha value is -2.04. The second-order valence-electron chi connectivity index (χ2n) is 4.72. The molecule has 0 aliphatic heterocycles. The molecule has 0 atom stereocenters. The average Bonchev–Trinajstić information content (AvgIpc) is 2.36. The molecule has 0 bridgehead atoms. The maximum Gasteiger partial charge on any atom is 0.251 e. The molecule has 0 aliphatic rings. The van der Waals surface area contributed by atoms with Crippen molar-refractivity contribution in [1.29, 1.82) is 0 Å². The summed E-state index contributed by atoms with van der Waals surface area (Å²) in [6.07, 6.45) is 1.06. The highest BCUT2D eigenvalue weighted by molar-refractivity contribution is 5.96. The van der Waals surface area contributed by atoms with Gasteiger partial charge in [-0.1, -0.05) is 6.07 Å². The van der Waals surface area contributed by atoms with Crippen molar-refractivity contribution in [3.8, 4) is 0 Å². The number of nitrogens with two attached hydrogens (primary N) is 1. The van der Waals surface area contributed by atoms with Gasteiger partial charge in [-0.3, -0.25) is 9.59 Å². The number of hydrogen-bond donors (Lipinski definition) is 2. The van der Waals surface area contributed by atoms with E-state index in [1.165, 1.54) is 0 Å². The number of nitrogen functional groups attached to an aromatic ring is 1. The van der Waals surface area contributed by atoms with Gasteiger partial charge < -0.3 is 16.0 Å². The zero-order chi connectivity index (χ0) is 14.4. The third kappa shape index (κ3) is 4.62. The fraction of sp³-hybridized carbons (Fsp3) is 0.429. The number of anilines is 1. The van der Waals surface area contributed by atoms with E-state index in [1.54, 1.807) is 31.1 Å². The van der Waals surface area contributed by atoms with Crippen molar-refractivity contribution < 1.29 is 9.59 Å². The number of hydrogen-bond acceptors (Lipinski definition) is 3. The number of carbonyl (C=O) groups excluding carboxylic acids is 2. The molecule has 0 saturated carbocycles. The van der Waals surface area contributed by atoms with Crippen molar-refractivity contribution in [3.05, 3.63) is 29.3 Å². The number of aryl methyl sites for hydroxylation is 1. The van der Waals surface area contributed by atoms with Crippen LogP contribution in [-0.2, 0) is 4.79 Å². The zero-order valence-electron chi connectivity index (χ0n) is 11.7. The number of nitrogens with one attached hydrogen (secondary N) is 1. The topological polar surface area (TPSA) is 75.4 Å². The summed E-state index contributed by atoms with van der Waals surface area (Å²) in [6.45, 7) is 2.34. The maximum atomic E-state index is 11.9. The molecule has 5 nitrogen and oxygen atoms in total. The van der Waals surface area contributed by atoms with Crippen LogP contribution in [0.25, 0.3) is 0 Å². The van der Waals surface area contributed by atoms with Crippen molar-refractivity contribution in [1.82, 2.24) is 10.2 Å². The third-order valence-electron chi connectivity index (χ3n) is 2.86. The van der Waals surface area contributed by atoms with E-state index in [4.69, 9.17) is 5.73 Å². The van der Waals surface area contributed by atoms with Gasteiger partial charge in [0, 0.05) is 38.3 Å². The minimum absolute atomic E-state index is 0.0642. The molecule has 0 unspecified atom stereocenters. The monoisotopic (exact) mass is 263 g/mol. The molecule has 2 amide bonds. The van der Waals surface area contributed by atoms with Gasteiger partial charge in [-0.25, -0.2) is 0 Å². The van der Waals surface area contributed by atoms with E-state index in [0.29, 0.717) is 30.6 Å². The summed E-state index contributed by atoms with van der Waals surface area (Å²) in [5.74, 6) is -0.0866. The highest BCUT2D eigenvalue weighted by Gasteiger charge is 2.09. The van der Waals surface area contributed by atoms with Gasteiger partial charge in [-0.2, -0.15) is 0 Å². The Bertz CT molecular complexity index is 470. The van der Waals surface area contributed by atoms with Crippen LogP contribution in [0.1, 0.15) is 28.8 Å². The van der Waals surface area contributed by atoms with E-state index in [0.717, 1.165) is 5.56 Å². The standard InChI is InChI=1S/C14H21N3O2/c1-10-6-7-11(15)9-12(10)14(19)16-8-4-5-13(18)17(2)3/h6-7,9H,4-5,8,15H2,1-3H3,(H,16,19). The van der Waals surface area contributed by atoms with Gasteiger partial charge in [0.15, 0.2) is 0 Å². The Morgan fingerprint density at radius 1 is 1.32 bits per heavy atom. The predicted molar refractivity (Wildman–Crippen MR) is 75.9 cm³/mol. The van der Waals surface area contributed by atoms with Crippen LogP contribution in [0.2, 0.25) is 0 Å². The largest absolute Gasteiger partial charge is 0.399 e. The first kappa shape index (κ1) is 15.0. The lowest BCUT2D eigenvalue weighted by molar-refractivity contribution is -0.128. The number of amides is 2. The van der Waals surface area contributed by atoms with E-state index in [2.05, 4.69) is 5.32 Å². The number of nitrogens with zero attached hydrogens (tertiary/aromatic N) is 1. The van der Waals surface area contributed by atoms with Crippen molar-refractivity contribution >= 4 is 17.5 Å². The minimum atomic E-state index is -0.151. The fourth-order valence-corrected chi connectivity index (χ4v) is 1.64. The molecule has 1 aromatic carbocycles. The number of carbonyl (C=O) groups is 2. The Balaban J connectivity index is 2.44. The molecule has 19 heavy (non-hydrogen) atoms. The summed E-state index contributed by atoms with van der Waals surface area (Å²) in [5, 5.41) is 2.80. The molecule has 0 heterocycles. The van der Waals surface area contributed by atoms with Gasteiger partial charge in [0.1, 0.15) is 0 Å². The molecule has 5 heteroatoms. The van der Waals surface area contributed by atoms with Crippen molar-refractivity contribution in [2.75, 3.05) is 26.4 Å². The summed E-state index contributed by atoms with van der Waals surface area (Å²) in [7, 11) is 3.44. The summed E-state index contributed by atoms with van der Waals surface area (Å²) >= 11 is 0. The molecular formula is C14H21N3O2. The SMILES string of the molecule is Cc1ccc(N)cc1C(=O)NCCCC(=O)N(C)C. The Morgan fingerprint density at radius 3 is 2.63 bits per heavy atom. The van der Waals surface area contributed by atoms with Gasteiger partial charge in [-0.15, -0.1) is 0 Å². The highest BCUT2D eigenvalue weighted by atomic mass is 16.2. The Kier molecular flexibility index (Phi) is 5.36. The third-order valence-corrected chi connectivity index (χ3v) is 2.86. The summed E-state index contributed by atoms with van der Waals surface area (Å²) in [5.41, 5.74) is 7.70. The summed E-state index contributed by atoms with van der Waals surface area (Å²) in [6, 6.07) is 5.25. The Labute approximate surface area is 113 Å². The van der Waals surface area contributed by atoms with Crippen LogP contribution in [0.15, 0.2) is 18.2 Å². The van der Waals surface area contributed by atoms with Crippen LogP contribution < -0.4 is 11.1 Å². The van der Waals surface area contributed by atoms with Crippen LogP contribution in [0, 0.1) is 6.92 Å². The van der Waals surface area contributed by atoms with Gasteiger partial charge in [0.05, 0.1) is 0 Å². The van der Waals surface area contributed by atoms with Crippen molar-refractivity contribution in [3.63, 3.8) is 0 Å².